The molecule has 0 saturated carbocycles. The molecule has 0 heterocycles. The van der Waals surface area contributed by atoms with Gasteiger partial charge in [0.15, 0.2) is 0 Å². The Kier molecular flexibility index (Phi) is 24.6. The minimum atomic E-state index is -0.297. The van der Waals surface area contributed by atoms with Gasteiger partial charge in [-0.2, -0.15) is 0 Å². The van der Waals surface area contributed by atoms with Crippen LogP contribution >= 0.6 is 23.8 Å². The van der Waals surface area contributed by atoms with E-state index in [1.54, 1.807) is 32.6 Å². The normalized spacial score (nSPS) is 11.4. The van der Waals surface area contributed by atoms with Gasteiger partial charge >= 0.3 is 17.1 Å². The number of halogens is 2. The van der Waals surface area contributed by atoms with E-state index in [1.165, 1.54) is 5.56 Å². The van der Waals surface area contributed by atoms with Crippen molar-refractivity contribution < 1.29 is 65.0 Å². The van der Waals surface area contributed by atoms with Crippen LogP contribution in [0, 0.1) is 6.92 Å². The second kappa shape index (κ2) is 24.5. The van der Waals surface area contributed by atoms with E-state index in [0.717, 1.165) is 0 Å². The molecular formula is C44H63FeI2P3. The smallest absolute Gasteiger partial charge is 1.00 e. The minimum Gasteiger partial charge on any atom is -1.00 e. The van der Waals surface area contributed by atoms with Crippen LogP contribution < -0.4 is 63.9 Å². The number of rotatable bonds is 12. The molecule has 0 atom stereocenters. The molecule has 0 aliphatic carbocycles. The summed E-state index contributed by atoms with van der Waals surface area (Å²) in [5.74, 6) is 0.246. The molecule has 4 rings (SSSR count). The molecule has 0 amide bonds. The molecule has 0 radical (unpaired) electrons. The summed E-state index contributed by atoms with van der Waals surface area (Å²) in [5, 5.41) is 4.82. The van der Waals surface area contributed by atoms with E-state index in [4.69, 9.17) is 0 Å². The van der Waals surface area contributed by atoms with Crippen LogP contribution in [0.2, 0.25) is 0 Å². The maximum Gasteiger partial charge on any atom is 2.00 e. The molecule has 0 aliphatic rings. The number of hydrogen-bond donors (Lipinski definition) is 0. The zero-order chi connectivity index (χ0) is 34.8. The van der Waals surface area contributed by atoms with Gasteiger partial charge < -0.3 is 48.0 Å². The molecule has 0 spiro atoms. The maximum atomic E-state index is 2.48. The van der Waals surface area contributed by atoms with Crippen LogP contribution in [0.3, 0.4) is 0 Å². The minimum absolute atomic E-state index is 0. The first kappa shape index (κ1) is 50.1. The predicted molar refractivity (Wildman–Crippen MR) is 222 cm³/mol. The molecule has 0 nitrogen and oxygen atoms in total. The van der Waals surface area contributed by atoms with Gasteiger partial charge in [0.2, 0.25) is 0 Å². The largest absolute Gasteiger partial charge is 2.00 e. The molecule has 0 aliphatic heterocycles. The van der Waals surface area contributed by atoms with E-state index < -0.39 is 0 Å². The van der Waals surface area contributed by atoms with Gasteiger partial charge in [-0.25, -0.2) is 0 Å². The van der Waals surface area contributed by atoms with Gasteiger partial charge in [0, 0.05) is 5.92 Å². The molecule has 4 aromatic rings. The Hall–Kier alpha value is 0.149. The second-order valence-electron chi connectivity index (χ2n) is 14.5. The molecular weight excluding hydrogens is 931 g/mol. The van der Waals surface area contributed by atoms with Crippen molar-refractivity contribution in [1.82, 2.24) is 0 Å². The van der Waals surface area contributed by atoms with Crippen LogP contribution in [0.5, 0.6) is 0 Å². The van der Waals surface area contributed by atoms with Crippen molar-refractivity contribution in [1.29, 1.82) is 0 Å². The molecule has 0 N–H and O–H groups in total. The topological polar surface area (TPSA) is 0 Å². The van der Waals surface area contributed by atoms with Crippen LogP contribution in [0.4, 0.5) is 0 Å². The van der Waals surface area contributed by atoms with E-state index in [0.29, 0.717) is 34.0 Å². The molecule has 50 heavy (non-hydrogen) atoms. The van der Waals surface area contributed by atoms with Gasteiger partial charge in [0.25, 0.3) is 0 Å². The van der Waals surface area contributed by atoms with Crippen LogP contribution in [0.25, 0.3) is 0 Å². The Morgan fingerprint density at radius 2 is 0.560 bits per heavy atom. The Bertz CT molecular complexity index is 1330. The molecule has 4 aromatic carbocycles. The zero-order valence-electron chi connectivity index (χ0n) is 32.8. The first-order valence-electron chi connectivity index (χ1n) is 17.9. The molecule has 0 fully saturated rings. The summed E-state index contributed by atoms with van der Waals surface area (Å²) in [6, 6.07) is 38.9. The third-order valence-electron chi connectivity index (χ3n) is 8.86. The number of aryl methyl sites for hydroxylation is 1. The third-order valence-corrected chi connectivity index (χ3v) is 18.4. The van der Waals surface area contributed by atoms with Crippen LogP contribution in [-0.4, -0.2) is 34.0 Å². The summed E-state index contributed by atoms with van der Waals surface area (Å²) < 4.78 is 0. The third kappa shape index (κ3) is 13.5. The zero-order valence-corrected chi connectivity index (χ0v) is 40.9. The average molecular weight is 995 g/mol. The van der Waals surface area contributed by atoms with E-state index in [-0.39, 0.29) is 94.7 Å². The molecule has 0 saturated heterocycles. The van der Waals surface area contributed by atoms with Crippen molar-refractivity contribution in [3.05, 3.63) is 125 Å². The van der Waals surface area contributed by atoms with Crippen molar-refractivity contribution >= 4 is 39.7 Å². The number of hydrogen-bond acceptors (Lipinski definition) is 0. The Balaban J connectivity index is 0.00000214. The van der Waals surface area contributed by atoms with Gasteiger partial charge in [-0.15, -0.1) is 0 Å². The number of benzene rings is 4. The maximum absolute atomic E-state index is 2.48. The van der Waals surface area contributed by atoms with E-state index in [2.05, 4.69) is 175 Å². The molecule has 276 valence electrons. The quantitative estimate of drug-likeness (QED) is 0.0648. The first-order chi connectivity index (χ1) is 22.3. The Morgan fingerprint density at radius 3 is 0.760 bits per heavy atom. The molecule has 0 bridgehead atoms. The second-order valence-corrected chi connectivity index (χ2v) is 24.6. The van der Waals surface area contributed by atoms with E-state index in [9.17, 15) is 0 Å². The van der Waals surface area contributed by atoms with Crippen molar-refractivity contribution in [2.24, 2.45) is 0 Å². The summed E-state index contributed by atoms with van der Waals surface area (Å²) in [7, 11) is -0.891. The predicted octanol–water partition coefficient (Wildman–Crippen LogP) is 6.64. The van der Waals surface area contributed by atoms with Gasteiger partial charge in [-0.05, 0) is 73.5 Å². The van der Waals surface area contributed by atoms with Crippen molar-refractivity contribution in [3.8, 4) is 0 Å². The molecule has 6 heteroatoms. The summed E-state index contributed by atoms with van der Waals surface area (Å²) in [6.07, 6.45) is 0. The van der Waals surface area contributed by atoms with Crippen LogP contribution in [-0.2, 0) is 17.1 Å². The monoisotopic (exact) mass is 994 g/mol. The Labute approximate surface area is 356 Å². The summed E-state index contributed by atoms with van der Waals surface area (Å²) in [5.41, 5.74) is 9.83. The van der Waals surface area contributed by atoms with Gasteiger partial charge in [0.05, 0.1) is 0 Å². The fourth-order valence-corrected chi connectivity index (χ4v) is 16.6. The SMILES string of the molecule is CC(C)P(c1ccccc1C(c1ccccc1P(C(C)C)C(C)C)c1ccccc1P(C(C)C)C(C)C)C(C)C.Cc1ccccc1.[Fe+2].[I-].[I-]. The van der Waals surface area contributed by atoms with Crippen molar-refractivity contribution in [2.45, 2.75) is 130 Å². The summed E-state index contributed by atoms with van der Waals surface area (Å²) in [4.78, 5) is 0. The van der Waals surface area contributed by atoms with Gasteiger partial charge in [0.1, 0.15) is 0 Å². The Morgan fingerprint density at radius 1 is 0.340 bits per heavy atom. The van der Waals surface area contributed by atoms with Crippen molar-refractivity contribution in [3.63, 3.8) is 0 Å². The van der Waals surface area contributed by atoms with Crippen molar-refractivity contribution in [2.75, 3.05) is 0 Å². The van der Waals surface area contributed by atoms with Crippen LogP contribution in [0.15, 0.2) is 103 Å². The fourth-order valence-electron chi connectivity index (χ4n) is 7.40. The fraction of sp³-hybridized carbons (Fsp3) is 0.455. The standard InChI is InChI=1S/C37H55P3.C7H8.Fe.2HI/c1-25(2)38(26(3)4)34-22-16-13-19-31(34)37(32-20-14-17-23-35(32)39(27(5)6)28(7)8)33-21-15-18-24-36(33)40(29(9)10)30(11)12;1-7-5-3-2-4-6-7;;;/h13-30,37H,1-12H3;2-6H,1H3;;2*1H/q;;+2;;/p-2. The molecule has 0 aromatic heterocycles. The average Bonchev–Trinajstić information content (AvgIpc) is 2.99. The summed E-state index contributed by atoms with van der Waals surface area (Å²) in [6.45, 7) is 31.3. The van der Waals surface area contributed by atoms with E-state index in [1.807, 2.05) is 18.2 Å². The van der Waals surface area contributed by atoms with Gasteiger partial charge in [-0.1, -0.05) is 216 Å². The summed E-state index contributed by atoms with van der Waals surface area (Å²) >= 11 is 0. The van der Waals surface area contributed by atoms with E-state index >= 15 is 0 Å². The first-order valence-corrected chi connectivity index (χ1v) is 22.3. The molecule has 0 unspecified atom stereocenters. The van der Waals surface area contributed by atoms with Gasteiger partial charge in [-0.3, -0.25) is 0 Å². The van der Waals surface area contributed by atoms with Crippen LogP contribution in [0.1, 0.15) is 111 Å².